The van der Waals surface area contributed by atoms with E-state index in [0.717, 1.165) is 30.4 Å². The third kappa shape index (κ3) is 3.80. The van der Waals surface area contributed by atoms with Crippen LogP contribution in [0.1, 0.15) is 51.0 Å². The van der Waals surface area contributed by atoms with Gasteiger partial charge in [-0.2, -0.15) is 0 Å². The molecule has 2 heterocycles. The van der Waals surface area contributed by atoms with Crippen molar-refractivity contribution in [2.75, 3.05) is 13.1 Å². The largest absolute Gasteiger partial charge is 0.293 e. The Bertz CT molecular complexity index is 644. The van der Waals surface area contributed by atoms with E-state index >= 15 is 0 Å². The van der Waals surface area contributed by atoms with E-state index in [4.69, 9.17) is 0 Å². The van der Waals surface area contributed by atoms with Crippen LogP contribution in [0.2, 0.25) is 0 Å². The highest BCUT2D eigenvalue weighted by Crippen LogP contribution is 2.31. The summed E-state index contributed by atoms with van der Waals surface area (Å²) < 4.78 is 15.0. The molecule has 0 radical (unpaired) electrons. The second-order valence-corrected chi connectivity index (χ2v) is 7.23. The van der Waals surface area contributed by atoms with Crippen LogP contribution in [0.3, 0.4) is 0 Å². The van der Waals surface area contributed by atoms with Crippen LogP contribution in [0.15, 0.2) is 24.3 Å². The molecule has 1 saturated heterocycles. The van der Waals surface area contributed by atoms with Crippen LogP contribution >= 0.6 is 0 Å². The molecule has 130 valence electrons. The lowest BCUT2D eigenvalue weighted by atomic mass is 9.94. The van der Waals surface area contributed by atoms with E-state index < -0.39 is 0 Å². The average molecular weight is 331 g/mol. The van der Waals surface area contributed by atoms with Gasteiger partial charge in [0.2, 0.25) is 0 Å². The second-order valence-electron chi connectivity index (χ2n) is 7.23. The topological polar surface area (TPSA) is 46.8 Å². The zero-order valence-corrected chi connectivity index (χ0v) is 14.7. The molecule has 0 N–H and O–H groups in total. The molecule has 0 saturated carbocycles. The van der Waals surface area contributed by atoms with E-state index in [0.29, 0.717) is 12.5 Å². The summed E-state index contributed by atoms with van der Waals surface area (Å²) in [6, 6.07) is 6.74. The van der Waals surface area contributed by atoms with Gasteiger partial charge in [0.15, 0.2) is 5.82 Å². The first-order valence-corrected chi connectivity index (χ1v) is 8.79. The fourth-order valence-electron chi connectivity index (χ4n) is 3.49. The number of nitrogens with zero attached hydrogens (tertiary/aromatic N) is 5. The molecular formula is C18H26FN5. The number of rotatable bonds is 5. The second kappa shape index (κ2) is 7.38. The summed E-state index contributed by atoms with van der Waals surface area (Å²) in [6.07, 6.45) is 2.45. The van der Waals surface area contributed by atoms with Crippen molar-refractivity contribution in [2.45, 2.75) is 46.2 Å². The lowest BCUT2D eigenvalue weighted by Gasteiger charge is -2.37. The summed E-state index contributed by atoms with van der Waals surface area (Å²) in [4.78, 5) is 2.51. The fraction of sp³-hybridized carbons (Fsp3) is 0.611. The molecule has 1 fully saturated rings. The minimum atomic E-state index is -0.224. The Morgan fingerprint density at radius 2 is 1.83 bits per heavy atom. The van der Waals surface area contributed by atoms with Gasteiger partial charge >= 0.3 is 0 Å². The maximum Gasteiger partial charge on any atom is 0.169 e. The van der Waals surface area contributed by atoms with Gasteiger partial charge in [-0.25, -0.2) is 9.07 Å². The third-order valence-electron chi connectivity index (χ3n) is 4.91. The zero-order valence-electron chi connectivity index (χ0n) is 14.7. The molecule has 0 amide bonds. The maximum absolute atomic E-state index is 13.1. The van der Waals surface area contributed by atoms with Gasteiger partial charge < -0.3 is 0 Å². The first-order chi connectivity index (χ1) is 11.5. The molecule has 0 spiro atoms. The summed E-state index contributed by atoms with van der Waals surface area (Å²) in [7, 11) is 0. The Labute approximate surface area is 142 Å². The predicted molar refractivity (Wildman–Crippen MR) is 90.9 cm³/mol. The van der Waals surface area contributed by atoms with Gasteiger partial charge in [-0.15, -0.1) is 5.10 Å². The number of aromatic nitrogens is 4. The van der Waals surface area contributed by atoms with Crippen LogP contribution in [0, 0.1) is 17.7 Å². The SMILES string of the molecule is CC1CCN([C@H](c2nnnn2Cc2ccc(F)cc2)C(C)C)CC1. The summed E-state index contributed by atoms with van der Waals surface area (Å²) in [6.45, 7) is 9.51. The van der Waals surface area contributed by atoms with Crippen molar-refractivity contribution in [1.82, 2.24) is 25.1 Å². The van der Waals surface area contributed by atoms with E-state index in [2.05, 4.69) is 41.2 Å². The molecule has 1 aliphatic rings. The van der Waals surface area contributed by atoms with Crippen LogP contribution in [0.4, 0.5) is 4.39 Å². The number of likely N-dealkylation sites (tertiary alicyclic amines) is 1. The number of benzene rings is 1. The molecule has 2 aromatic rings. The third-order valence-corrected chi connectivity index (χ3v) is 4.91. The van der Waals surface area contributed by atoms with Crippen molar-refractivity contribution in [3.8, 4) is 0 Å². The minimum Gasteiger partial charge on any atom is -0.293 e. The molecule has 1 aromatic carbocycles. The summed E-state index contributed by atoms with van der Waals surface area (Å²) >= 11 is 0. The molecule has 1 aromatic heterocycles. The van der Waals surface area contributed by atoms with Crippen molar-refractivity contribution < 1.29 is 4.39 Å². The normalized spacial score (nSPS) is 18.2. The summed E-state index contributed by atoms with van der Waals surface area (Å²) in [5.74, 6) is 1.91. The lowest BCUT2D eigenvalue weighted by molar-refractivity contribution is 0.0995. The van der Waals surface area contributed by atoms with Crippen LogP contribution in [0.25, 0.3) is 0 Å². The highest BCUT2D eigenvalue weighted by molar-refractivity contribution is 5.16. The van der Waals surface area contributed by atoms with E-state index in [9.17, 15) is 4.39 Å². The molecule has 24 heavy (non-hydrogen) atoms. The monoisotopic (exact) mass is 331 g/mol. The van der Waals surface area contributed by atoms with Gasteiger partial charge in [0.25, 0.3) is 0 Å². The average Bonchev–Trinajstić information content (AvgIpc) is 2.99. The van der Waals surface area contributed by atoms with Crippen molar-refractivity contribution in [2.24, 2.45) is 11.8 Å². The number of tetrazole rings is 1. The van der Waals surface area contributed by atoms with Crippen molar-refractivity contribution >= 4 is 0 Å². The first-order valence-electron chi connectivity index (χ1n) is 8.79. The van der Waals surface area contributed by atoms with E-state index in [1.165, 1.54) is 25.0 Å². The molecule has 1 aliphatic heterocycles. The zero-order chi connectivity index (χ0) is 17.1. The van der Waals surface area contributed by atoms with Gasteiger partial charge in [0, 0.05) is 0 Å². The van der Waals surface area contributed by atoms with Crippen LogP contribution in [0.5, 0.6) is 0 Å². The van der Waals surface area contributed by atoms with Gasteiger partial charge in [0.05, 0.1) is 12.6 Å². The Morgan fingerprint density at radius 1 is 1.17 bits per heavy atom. The van der Waals surface area contributed by atoms with Crippen LogP contribution < -0.4 is 0 Å². The van der Waals surface area contributed by atoms with Gasteiger partial charge in [-0.1, -0.05) is 32.9 Å². The Hall–Kier alpha value is -1.82. The molecular weight excluding hydrogens is 305 g/mol. The standard InChI is InChI=1S/C18H26FN5/c1-13(2)17(23-10-8-14(3)9-11-23)18-20-21-22-24(18)12-15-4-6-16(19)7-5-15/h4-7,13-14,17H,8-12H2,1-3H3/t17-/m0/s1. The smallest absolute Gasteiger partial charge is 0.169 e. The maximum atomic E-state index is 13.1. The molecule has 0 bridgehead atoms. The van der Waals surface area contributed by atoms with Gasteiger partial charge in [-0.05, 0) is 65.9 Å². The number of piperidine rings is 1. The first kappa shape index (κ1) is 17.0. The van der Waals surface area contributed by atoms with E-state index in [1.807, 2.05) is 4.68 Å². The molecule has 3 rings (SSSR count). The van der Waals surface area contributed by atoms with Crippen LogP contribution in [-0.4, -0.2) is 38.2 Å². The quantitative estimate of drug-likeness (QED) is 0.843. The summed E-state index contributed by atoms with van der Waals surface area (Å²) in [5, 5.41) is 12.4. The molecule has 0 unspecified atom stereocenters. The Balaban J connectivity index is 1.81. The van der Waals surface area contributed by atoms with E-state index in [-0.39, 0.29) is 11.9 Å². The number of halogens is 1. The molecule has 0 aliphatic carbocycles. The van der Waals surface area contributed by atoms with Crippen molar-refractivity contribution in [3.05, 3.63) is 41.5 Å². The lowest BCUT2D eigenvalue weighted by Crippen LogP contribution is -2.39. The minimum absolute atomic E-state index is 0.216. The van der Waals surface area contributed by atoms with Crippen LogP contribution in [-0.2, 0) is 6.54 Å². The molecule has 6 heteroatoms. The highest BCUT2D eigenvalue weighted by atomic mass is 19.1. The van der Waals surface area contributed by atoms with Gasteiger partial charge in [-0.3, -0.25) is 4.90 Å². The van der Waals surface area contributed by atoms with Crippen molar-refractivity contribution in [3.63, 3.8) is 0 Å². The molecule has 1 atom stereocenters. The van der Waals surface area contributed by atoms with E-state index in [1.54, 1.807) is 12.1 Å². The number of hydrogen-bond acceptors (Lipinski definition) is 4. The molecule has 5 nitrogen and oxygen atoms in total. The number of hydrogen-bond donors (Lipinski definition) is 0. The Kier molecular flexibility index (Phi) is 5.23. The predicted octanol–water partition coefficient (Wildman–Crippen LogP) is 3.29. The van der Waals surface area contributed by atoms with Crippen molar-refractivity contribution in [1.29, 1.82) is 0 Å². The Morgan fingerprint density at radius 3 is 2.46 bits per heavy atom. The fourth-order valence-corrected chi connectivity index (χ4v) is 3.49. The van der Waals surface area contributed by atoms with Gasteiger partial charge in [0.1, 0.15) is 5.82 Å². The summed E-state index contributed by atoms with van der Waals surface area (Å²) in [5.41, 5.74) is 1.000. The highest BCUT2D eigenvalue weighted by Gasteiger charge is 2.31.